The molecule has 0 atom stereocenters. The monoisotopic (exact) mass is 505 g/mol. The topological polar surface area (TPSA) is 68.9 Å². The first-order valence-electron chi connectivity index (χ1n) is 7.78. The zero-order valence-corrected chi connectivity index (χ0v) is 17.5. The van der Waals surface area contributed by atoms with Gasteiger partial charge in [-0.05, 0) is 30.3 Å². The fourth-order valence-corrected chi connectivity index (χ4v) is 2.13. The molecule has 2 rings (SSSR count). The van der Waals surface area contributed by atoms with Crippen LogP contribution in [0.2, 0.25) is 0 Å². The Hall–Kier alpha value is -2.61. The predicted octanol–water partition coefficient (Wildman–Crippen LogP) is 4.12. The van der Waals surface area contributed by atoms with Crippen LogP contribution in [0.25, 0.3) is 0 Å². The second-order valence-corrected chi connectivity index (χ2v) is 5.27. The molecule has 150 valence electrons. The molecule has 0 aliphatic rings. The van der Waals surface area contributed by atoms with Crippen molar-refractivity contribution < 1.29 is 22.6 Å². The first-order chi connectivity index (χ1) is 12.8. The van der Waals surface area contributed by atoms with Crippen LogP contribution >= 0.6 is 24.0 Å². The van der Waals surface area contributed by atoms with E-state index in [4.69, 9.17) is 15.2 Å². The highest BCUT2D eigenvalue weighted by atomic mass is 127. The summed E-state index contributed by atoms with van der Waals surface area (Å²) in [6.45, 7) is 0.0152. The first kappa shape index (κ1) is 23.4. The van der Waals surface area contributed by atoms with E-state index in [1.165, 1.54) is 26.4 Å². The Morgan fingerprint density at radius 3 is 2.54 bits per heavy atom. The highest BCUT2D eigenvalue weighted by Gasteiger charge is 2.30. The number of hydrogen-bond acceptors (Lipinski definition) is 3. The van der Waals surface area contributed by atoms with Gasteiger partial charge in [0.05, 0.1) is 25.5 Å². The largest absolute Gasteiger partial charge is 0.497 e. The average molecular weight is 505 g/mol. The number of anilines is 1. The Morgan fingerprint density at radius 1 is 1.14 bits per heavy atom. The summed E-state index contributed by atoms with van der Waals surface area (Å²) in [5.74, 6) is 6.53. The summed E-state index contributed by atoms with van der Waals surface area (Å²) in [5, 5.41) is 2.87. The molecule has 0 unspecified atom stereocenters. The van der Waals surface area contributed by atoms with Gasteiger partial charge in [-0.3, -0.25) is 0 Å². The molecule has 0 spiro atoms. The molecule has 0 heterocycles. The van der Waals surface area contributed by atoms with Crippen molar-refractivity contribution in [3.05, 3.63) is 53.6 Å². The minimum atomic E-state index is -4.40. The van der Waals surface area contributed by atoms with Crippen molar-refractivity contribution in [1.82, 2.24) is 0 Å². The third-order valence-corrected chi connectivity index (χ3v) is 3.42. The van der Waals surface area contributed by atoms with Gasteiger partial charge in [-0.15, -0.1) is 24.0 Å². The molecule has 3 N–H and O–H groups in total. The van der Waals surface area contributed by atoms with E-state index < -0.39 is 11.7 Å². The van der Waals surface area contributed by atoms with Crippen LogP contribution in [0.4, 0.5) is 18.9 Å². The molecule has 0 saturated heterocycles. The Labute approximate surface area is 178 Å². The summed E-state index contributed by atoms with van der Waals surface area (Å²) in [6, 6.07) is 9.91. The van der Waals surface area contributed by atoms with Crippen molar-refractivity contribution >= 4 is 35.6 Å². The van der Waals surface area contributed by atoms with Crippen molar-refractivity contribution in [2.24, 2.45) is 10.7 Å². The van der Waals surface area contributed by atoms with E-state index in [1.807, 2.05) is 0 Å². The Morgan fingerprint density at radius 2 is 1.89 bits per heavy atom. The second-order valence-electron chi connectivity index (χ2n) is 5.27. The molecule has 0 aromatic heterocycles. The highest BCUT2D eigenvalue weighted by Crippen LogP contribution is 2.29. The summed E-state index contributed by atoms with van der Waals surface area (Å²) >= 11 is 0. The second kappa shape index (κ2) is 10.7. The Bertz CT molecular complexity index is 890. The molecule has 2 aromatic rings. The van der Waals surface area contributed by atoms with E-state index >= 15 is 0 Å². The van der Waals surface area contributed by atoms with Crippen LogP contribution in [0.3, 0.4) is 0 Å². The van der Waals surface area contributed by atoms with E-state index in [1.54, 1.807) is 18.2 Å². The zero-order chi connectivity index (χ0) is 19.9. The van der Waals surface area contributed by atoms with Gasteiger partial charge in [-0.2, -0.15) is 13.2 Å². The fraction of sp³-hybridized carbons (Fsp3) is 0.211. The molecule has 0 radical (unpaired) electrons. The number of hydrogen-bond donors (Lipinski definition) is 2. The summed E-state index contributed by atoms with van der Waals surface area (Å²) in [5.41, 5.74) is 5.87. The number of benzene rings is 2. The lowest BCUT2D eigenvalue weighted by molar-refractivity contribution is -0.137. The maximum absolute atomic E-state index is 12.7. The normalized spacial score (nSPS) is 11.0. The lowest BCUT2D eigenvalue weighted by Gasteiger charge is -2.11. The molecule has 0 bridgehead atoms. The Balaban J connectivity index is 0.00000392. The smallest absolute Gasteiger partial charge is 0.416 e. The maximum atomic E-state index is 12.7. The fourth-order valence-electron chi connectivity index (χ4n) is 2.13. The van der Waals surface area contributed by atoms with E-state index in [2.05, 4.69) is 22.2 Å². The number of nitrogens with zero attached hydrogens (tertiary/aromatic N) is 1. The average Bonchev–Trinajstić information content (AvgIpc) is 2.64. The van der Waals surface area contributed by atoms with Crippen molar-refractivity contribution in [2.75, 3.05) is 26.1 Å². The number of aliphatic imine (C=N–C) groups is 1. The van der Waals surface area contributed by atoms with Crippen LogP contribution in [-0.4, -0.2) is 26.7 Å². The van der Waals surface area contributed by atoms with Crippen molar-refractivity contribution in [3.8, 4) is 23.3 Å². The van der Waals surface area contributed by atoms with Crippen LogP contribution in [0, 0.1) is 11.8 Å². The number of halogens is 4. The predicted molar refractivity (Wildman–Crippen MR) is 113 cm³/mol. The maximum Gasteiger partial charge on any atom is 0.416 e. The number of nitrogens with one attached hydrogen (secondary N) is 1. The van der Waals surface area contributed by atoms with E-state index in [0.717, 1.165) is 12.1 Å². The van der Waals surface area contributed by atoms with Crippen molar-refractivity contribution in [1.29, 1.82) is 0 Å². The van der Waals surface area contributed by atoms with Gasteiger partial charge >= 0.3 is 6.18 Å². The molecule has 0 amide bonds. The molecular weight excluding hydrogens is 486 g/mol. The van der Waals surface area contributed by atoms with Gasteiger partial charge in [-0.1, -0.05) is 17.9 Å². The van der Waals surface area contributed by atoms with Gasteiger partial charge in [0, 0.05) is 11.6 Å². The Kier molecular flexibility index (Phi) is 8.91. The number of nitrogens with two attached hydrogens (primary N) is 1. The van der Waals surface area contributed by atoms with E-state index in [9.17, 15) is 13.2 Å². The zero-order valence-electron chi connectivity index (χ0n) is 15.1. The molecule has 5 nitrogen and oxygen atoms in total. The highest BCUT2D eigenvalue weighted by molar-refractivity contribution is 14.0. The molecule has 2 aromatic carbocycles. The van der Waals surface area contributed by atoms with Crippen molar-refractivity contribution in [3.63, 3.8) is 0 Å². The lowest BCUT2D eigenvalue weighted by Crippen LogP contribution is -2.23. The van der Waals surface area contributed by atoms with Gasteiger partial charge in [-0.25, -0.2) is 4.99 Å². The van der Waals surface area contributed by atoms with Crippen LogP contribution in [0.15, 0.2) is 47.5 Å². The van der Waals surface area contributed by atoms with Crippen LogP contribution in [0.5, 0.6) is 11.5 Å². The third-order valence-electron chi connectivity index (χ3n) is 3.42. The molecule has 9 heteroatoms. The summed E-state index contributed by atoms with van der Waals surface area (Å²) < 4.78 is 48.4. The van der Waals surface area contributed by atoms with Gasteiger partial charge in [0.2, 0.25) is 0 Å². The number of methoxy groups -OCH3 is 2. The van der Waals surface area contributed by atoms with Crippen LogP contribution in [-0.2, 0) is 6.18 Å². The molecular formula is C19H19F3IN3O2. The standard InChI is InChI=1S/C19H18F3N3O2.HI/c1-26-15-8-9-17(27-2)16(12-15)25-18(23)24-10-4-6-13-5-3-7-14(11-13)19(20,21)22;/h3,5,7-9,11-12H,10H2,1-2H3,(H3,23,24,25);1H. The van der Waals surface area contributed by atoms with Crippen molar-refractivity contribution in [2.45, 2.75) is 6.18 Å². The van der Waals surface area contributed by atoms with Crippen LogP contribution < -0.4 is 20.5 Å². The first-order valence-corrected chi connectivity index (χ1v) is 7.78. The molecule has 0 aliphatic carbocycles. The van der Waals surface area contributed by atoms with Gasteiger partial charge in [0.15, 0.2) is 5.96 Å². The number of ether oxygens (including phenoxy) is 2. The van der Waals surface area contributed by atoms with Gasteiger partial charge in [0.1, 0.15) is 18.0 Å². The summed E-state index contributed by atoms with van der Waals surface area (Å²) in [7, 11) is 3.05. The SMILES string of the molecule is COc1ccc(OC)c(NC(N)=NCC#Cc2cccc(C(F)(F)F)c2)c1.I. The molecule has 0 aliphatic heterocycles. The lowest BCUT2D eigenvalue weighted by atomic mass is 10.1. The number of rotatable bonds is 4. The number of alkyl halides is 3. The molecule has 0 fully saturated rings. The minimum Gasteiger partial charge on any atom is -0.497 e. The number of guanidine groups is 1. The summed E-state index contributed by atoms with van der Waals surface area (Å²) in [6.07, 6.45) is -4.40. The van der Waals surface area contributed by atoms with E-state index in [-0.39, 0.29) is 42.0 Å². The van der Waals surface area contributed by atoms with Gasteiger partial charge in [0.25, 0.3) is 0 Å². The molecule has 28 heavy (non-hydrogen) atoms. The summed E-state index contributed by atoms with van der Waals surface area (Å²) in [4.78, 5) is 4.03. The third kappa shape index (κ3) is 6.84. The quantitative estimate of drug-likeness (QED) is 0.284. The molecule has 0 saturated carbocycles. The van der Waals surface area contributed by atoms with E-state index in [0.29, 0.717) is 17.2 Å². The minimum absolute atomic E-state index is 0. The van der Waals surface area contributed by atoms with Gasteiger partial charge < -0.3 is 20.5 Å². The van der Waals surface area contributed by atoms with Crippen LogP contribution in [0.1, 0.15) is 11.1 Å².